The highest BCUT2D eigenvalue weighted by atomic mass is 32.2. The molecule has 0 aromatic carbocycles. The summed E-state index contributed by atoms with van der Waals surface area (Å²) in [4.78, 5) is 8.46. The monoisotopic (exact) mass is 313 g/mol. The van der Waals surface area contributed by atoms with Gasteiger partial charge in [-0.3, -0.25) is 0 Å². The maximum Gasteiger partial charge on any atom is 0.222 e. The fourth-order valence-electron chi connectivity index (χ4n) is 2.83. The van der Waals surface area contributed by atoms with Crippen molar-refractivity contribution in [3.8, 4) is 0 Å². The van der Waals surface area contributed by atoms with Gasteiger partial charge >= 0.3 is 0 Å². The minimum absolute atomic E-state index is 0.0922. The Morgan fingerprint density at radius 3 is 2.71 bits per heavy atom. The van der Waals surface area contributed by atoms with Crippen LogP contribution in [-0.2, 0) is 22.7 Å². The zero-order chi connectivity index (χ0) is 15.0. The normalized spacial score (nSPS) is 27.9. The first-order valence-corrected chi connectivity index (χ1v) is 8.78. The van der Waals surface area contributed by atoms with E-state index in [2.05, 4.69) is 20.6 Å². The third-order valence-corrected chi connectivity index (χ3v) is 5.56. The third kappa shape index (κ3) is 3.09. The molecule has 3 heterocycles. The maximum absolute atomic E-state index is 11.6. The average molecular weight is 313 g/mol. The molecule has 21 heavy (non-hydrogen) atoms. The minimum Gasteiger partial charge on any atom is -0.390 e. The van der Waals surface area contributed by atoms with Crippen LogP contribution in [0, 0.1) is 0 Å². The number of aliphatic hydroxyl groups is 1. The zero-order valence-electron chi connectivity index (χ0n) is 11.5. The van der Waals surface area contributed by atoms with Gasteiger partial charge in [0.2, 0.25) is 5.95 Å². The molecule has 0 spiro atoms. The predicted molar refractivity (Wildman–Crippen MR) is 78.8 cm³/mol. The number of sulfone groups is 1. The van der Waals surface area contributed by atoms with E-state index in [-0.39, 0.29) is 17.5 Å². The van der Waals surface area contributed by atoms with Gasteiger partial charge < -0.3 is 21.5 Å². The Balaban J connectivity index is 1.90. The Labute approximate surface area is 123 Å². The second kappa shape index (κ2) is 5.39. The number of rotatable bonds is 2. The van der Waals surface area contributed by atoms with Gasteiger partial charge in [-0.05, 0) is 13.0 Å². The molecule has 2 atom stereocenters. The number of aromatic nitrogens is 2. The van der Waals surface area contributed by atoms with E-state index >= 15 is 0 Å². The molecule has 116 valence electrons. The van der Waals surface area contributed by atoms with Gasteiger partial charge in [-0.25, -0.2) is 13.4 Å². The molecule has 8 nitrogen and oxygen atoms in total. The minimum atomic E-state index is -3.20. The molecule has 0 unspecified atom stereocenters. The van der Waals surface area contributed by atoms with Crippen molar-refractivity contribution in [2.75, 3.05) is 35.6 Å². The van der Waals surface area contributed by atoms with Crippen molar-refractivity contribution in [3.05, 3.63) is 11.3 Å². The van der Waals surface area contributed by atoms with Crippen molar-refractivity contribution in [2.45, 2.75) is 25.0 Å². The Bertz CT molecular complexity index is 649. The van der Waals surface area contributed by atoms with Gasteiger partial charge in [0.25, 0.3) is 0 Å². The molecule has 0 radical (unpaired) electrons. The van der Waals surface area contributed by atoms with Gasteiger partial charge in [0.15, 0.2) is 9.84 Å². The Kier molecular flexibility index (Phi) is 3.72. The molecule has 1 aromatic heterocycles. The van der Waals surface area contributed by atoms with Crippen LogP contribution in [0.2, 0.25) is 0 Å². The highest BCUT2D eigenvalue weighted by Crippen LogP contribution is 2.24. The molecule has 2 aliphatic rings. The van der Waals surface area contributed by atoms with Crippen molar-refractivity contribution < 1.29 is 13.5 Å². The molecule has 2 aliphatic heterocycles. The van der Waals surface area contributed by atoms with Crippen molar-refractivity contribution in [3.63, 3.8) is 0 Å². The van der Waals surface area contributed by atoms with Crippen LogP contribution in [-0.4, -0.2) is 60.2 Å². The molecule has 0 amide bonds. The standard InChI is InChI=1S/C12H19N5O3S/c13-12-16-8-2-4-14-3-1-7(8)11(17-12)15-9-5-21(19,20)6-10(9)18/h9-10,14,18H,1-6H2,(H3,13,15,16,17)/t9-,10-/m1/s1. The summed E-state index contributed by atoms with van der Waals surface area (Å²) >= 11 is 0. The lowest BCUT2D eigenvalue weighted by Crippen LogP contribution is -2.33. The van der Waals surface area contributed by atoms with Gasteiger partial charge in [-0.2, -0.15) is 4.98 Å². The van der Waals surface area contributed by atoms with Gasteiger partial charge in [0, 0.05) is 18.5 Å². The number of anilines is 2. The largest absolute Gasteiger partial charge is 0.390 e. The summed E-state index contributed by atoms with van der Waals surface area (Å²) in [6, 6.07) is -0.551. The lowest BCUT2D eigenvalue weighted by atomic mass is 10.1. The molecule has 0 aliphatic carbocycles. The van der Waals surface area contributed by atoms with Crippen molar-refractivity contribution in [1.29, 1.82) is 0 Å². The molecular formula is C12H19N5O3S. The van der Waals surface area contributed by atoms with Crippen molar-refractivity contribution in [1.82, 2.24) is 15.3 Å². The lowest BCUT2D eigenvalue weighted by Gasteiger charge is -2.19. The van der Waals surface area contributed by atoms with E-state index in [1.54, 1.807) is 0 Å². The van der Waals surface area contributed by atoms with Crippen molar-refractivity contribution in [2.24, 2.45) is 0 Å². The van der Waals surface area contributed by atoms with Crippen LogP contribution in [0.3, 0.4) is 0 Å². The number of nitrogens with two attached hydrogens (primary N) is 1. The fourth-order valence-corrected chi connectivity index (χ4v) is 4.57. The molecule has 0 bridgehead atoms. The lowest BCUT2D eigenvalue weighted by molar-refractivity contribution is 0.190. The van der Waals surface area contributed by atoms with Crippen LogP contribution in [0.15, 0.2) is 0 Å². The van der Waals surface area contributed by atoms with E-state index in [1.165, 1.54) is 0 Å². The number of fused-ring (bicyclic) bond motifs is 1. The van der Waals surface area contributed by atoms with E-state index in [9.17, 15) is 13.5 Å². The number of hydrogen-bond acceptors (Lipinski definition) is 8. The Morgan fingerprint density at radius 1 is 1.24 bits per heavy atom. The zero-order valence-corrected chi connectivity index (χ0v) is 12.4. The second-order valence-corrected chi connectivity index (χ2v) is 7.65. The SMILES string of the molecule is Nc1nc2c(c(N[C@@H]3CS(=O)(=O)C[C@H]3O)n1)CCNCC2. The van der Waals surface area contributed by atoms with Gasteiger partial charge in [0.05, 0.1) is 29.3 Å². The molecule has 1 fully saturated rings. The predicted octanol–water partition coefficient (Wildman–Crippen LogP) is -1.68. The third-order valence-electron chi connectivity index (χ3n) is 3.85. The van der Waals surface area contributed by atoms with Gasteiger partial charge in [-0.1, -0.05) is 0 Å². The van der Waals surface area contributed by atoms with Gasteiger partial charge in [-0.15, -0.1) is 0 Å². The topological polar surface area (TPSA) is 130 Å². The molecule has 9 heteroatoms. The molecule has 3 rings (SSSR count). The van der Waals surface area contributed by atoms with Crippen molar-refractivity contribution >= 4 is 21.6 Å². The van der Waals surface area contributed by atoms with E-state index in [4.69, 9.17) is 5.73 Å². The number of hydrogen-bond donors (Lipinski definition) is 4. The number of nitrogens with zero attached hydrogens (tertiary/aromatic N) is 2. The summed E-state index contributed by atoms with van der Waals surface area (Å²) in [5, 5.41) is 16.2. The van der Waals surface area contributed by atoms with E-state index in [0.717, 1.165) is 37.2 Å². The highest BCUT2D eigenvalue weighted by Gasteiger charge is 2.37. The van der Waals surface area contributed by atoms with E-state index < -0.39 is 22.0 Å². The first-order chi connectivity index (χ1) is 9.94. The first-order valence-electron chi connectivity index (χ1n) is 6.95. The Hall–Kier alpha value is -1.45. The average Bonchev–Trinajstić information content (AvgIpc) is 2.56. The smallest absolute Gasteiger partial charge is 0.222 e. The number of nitrogens with one attached hydrogen (secondary N) is 2. The summed E-state index contributed by atoms with van der Waals surface area (Å²) in [5.74, 6) is 0.399. The summed E-state index contributed by atoms with van der Waals surface area (Å²) in [7, 11) is -3.20. The van der Waals surface area contributed by atoms with E-state index in [1.807, 2.05) is 0 Å². The van der Waals surface area contributed by atoms with Crippen LogP contribution in [0.4, 0.5) is 11.8 Å². The van der Waals surface area contributed by atoms with Crippen LogP contribution in [0.25, 0.3) is 0 Å². The summed E-state index contributed by atoms with van der Waals surface area (Å²) < 4.78 is 23.2. The highest BCUT2D eigenvalue weighted by molar-refractivity contribution is 7.91. The van der Waals surface area contributed by atoms with Gasteiger partial charge in [0.1, 0.15) is 5.82 Å². The fraction of sp³-hybridized carbons (Fsp3) is 0.667. The quantitative estimate of drug-likeness (QED) is 0.509. The van der Waals surface area contributed by atoms with Crippen LogP contribution >= 0.6 is 0 Å². The Morgan fingerprint density at radius 2 is 2.00 bits per heavy atom. The molecule has 5 N–H and O–H groups in total. The summed E-state index contributed by atoms with van der Waals surface area (Å²) in [5.41, 5.74) is 7.56. The number of aliphatic hydroxyl groups excluding tert-OH is 1. The summed E-state index contributed by atoms with van der Waals surface area (Å²) in [6.07, 6.45) is 0.571. The molecule has 0 saturated carbocycles. The van der Waals surface area contributed by atoms with E-state index in [0.29, 0.717) is 5.82 Å². The van der Waals surface area contributed by atoms with Crippen LogP contribution in [0.1, 0.15) is 11.3 Å². The van der Waals surface area contributed by atoms with Crippen LogP contribution in [0.5, 0.6) is 0 Å². The van der Waals surface area contributed by atoms with Crippen LogP contribution < -0.4 is 16.4 Å². The molecular weight excluding hydrogens is 294 g/mol. The second-order valence-electron chi connectivity index (χ2n) is 5.50. The molecule has 1 aromatic rings. The summed E-state index contributed by atoms with van der Waals surface area (Å²) in [6.45, 7) is 1.63. The maximum atomic E-state index is 11.6. The molecule has 1 saturated heterocycles. The first kappa shape index (κ1) is 14.5. The number of nitrogen functional groups attached to an aromatic ring is 1.